The lowest BCUT2D eigenvalue weighted by Gasteiger charge is -2.09. The van der Waals surface area contributed by atoms with Gasteiger partial charge in [0.05, 0.1) is 12.9 Å². The molecule has 0 fully saturated rings. The second-order valence-electron chi connectivity index (χ2n) is 4.87. The molecule has 3 nitrogen and oxygen atoms in total. The van der Waals surface area contributed by atoms with Crippen molar-refractivity contribution < 1.29 is 13.9 Å². The number of carbonyl (C=O) groups excluding carboxylic acids is 1. The molecular formula is C17H18FNO2S. The first-order chi connectivity index (χ1) is 10.6. The minimum absolute atomic E-state index is 0.0778. The van der Waals surface area contributed by atoms with Gasteiger partial charge in [-0.15, -0.1) is 11.8 Å². The number of methoxy groups -OCH3 is 1. The Hall–Kier alpha value is -2.01. The van der Waals surface area contributed by atoms with Gasteiger partial charge >= 0.3 is 0 Å². The van der Waals surface area contributed by atoms with Gasteiger partial charge in [-0.1, -0.05) is 12.1 Å². The molecule has 0 aliphatic carbocycles. The van der Waals surface area contributed by atoms with Crippen molar-refractivity contribution in [1.82, 2.24) is 0 Å². The molecule has 1 amide bonds. The van der Waals surface area contributed by atoms with E-state index in [4.69, 9.17) is 4.74 Å². The third-order valence-electron chi connectivity index (χ3n) is 3.03. The number of amides is 1. The monoisotopic (exact) mass is 319 g/mol. The van der Waals surface area contributed by atoms with E-state index in [9.17, 15) is 9.18 Å². The van der Waals surface area contributed by atoms with Crippen LogP contribution in [0.4, 0.5) is 10.1 Å². The number of anilines is 1. The van der Waals surface area contributed by atoms with Crippen molar-refractivity contribution in [3.05, 3.63) is 59.4 Å². The fraction of sp³-hybridized carbons (Fsp3) is 0.235. The van der Waals surface area contributed by atoms with Gasteiger partial charge in [0.2, 0.25) is 5.91 Å². The minimum Gasteiger partial charge on any atom is -0.496 e. The molecule has 116 valence electrons. The largest absolute Gasteiger partial charge is 0.496 e. The molecule has 0 aliphatic heterocycles. The highest BCUT2D eigenvalue weighted by atomic mass is 32.2. The molecule has 0 aliphatic rings. The summed E-state index contributed by atoms with van der Waals surface area (Å²) in [7, 11) is 1.55. The van der Waals surface area contributed by atoms with E-state index in [0.29, 0.717) is 17.3 Å². The number of nitrogens with one attached hydrogen (secondary N) is 1. The molecule has 0 saturated carbocycles. The highest BCUT2D eigenvalue weighted by molar-refractivity contribution is 7.99. The van der Waals surface area contributed by atoms with Crippen LogP contribution in [0, 0.1) is 12.7 Å². The summed E-state index contributed by atoms with van der Waals surface area (Å²) >= 11 is 1.42. The fourth-order valence-electron chi connectivity index (χ4n) is 2.03. The molecular weight excluding hydrogens is 301 g/mol. The standard InChI is InChI=1S/C17H18FNO2S/c1-12-4-3-5-15(8-12)19-17(20)11-22-10-13-9-14(18)6-7-16(13)21-2/h3-9H,10-11H2,1-2H3,(H,19,20). The van der Waals surface area contributed by atoms with Crippen LogP contribution in [0.5, 0.6) is 5.75 Å². The Labute approximate surface area is 133 Å². The van der Waals surface area contributed by atoms with Crippen LogP contribution < -0.4 is 10.1 Å². The quantitative estimate of drug-likeness (QED) is 0.874. The summed E-state index contributed by atoms with van der Waals surface area (Å²) in [5.41, 5.74) is 2.62. The van der Waals surface area contributed by atoms with Gasteiger partial charge in [-0.25, -0.2) is 4.39 Å². The maximum Gasteiger partial charge on any atom is 0.234 e. The number of hydrogen-bond acceptors (Lipinski definition) is 3. The Kier molecular flexibility index (Phi) is 5.83. The number of halogens is 1. The number of benzene rings is 2. The van der Waals surface area contributed by atoms with Gasteiger partial charge in [0.25, 0.3) is 0 Å². The number of ether oxygens (including phenoxy) is 1. The van der Waals surface area contributed by atoms with Crippen LogP contribution in [0.15, 0.2) is 42.5 Å². The normalized spacial score (nSPS) is 10.3. The first kappa shape index (κ1) is 16.4. The Balaban J connectivity index is 1.86. The smallest absolute Gasteiger partial charge is 0.234 e. The van der Waals surface area contributed by atoms with Crippen LogP contribution in [-0.4, -0.2) is 18.8 Å². The maximum atomic E-state index is 13.3. The molecule has 0 atom stereocenters. The summed E-state index contributed by atoms with van der Waals surface area (Å²) in [4.78, 5) is 11.9. The van der Waals surface area contributed by atoms with Gasteiger partial charge in [0.1, 0.15) is 11.6 Å². The lowest BCUT2D eigenvalue weighted by molar-refractivity contribution is -0.113. The van der Waals surface area contributed by atoms with E-state index in [1.165, 1.54) is 23.9 Å². The topological polar surface area (TPSA) is 38.3 Å². The van der Waals surface area contributed by atoms with Crippen molar-refractivity contribution >= 4 is 23.4 Å². The van der Waals surface area contributed by atoms with Gasteiger partial charge in [-0.05, 0) is 42.8 Å². The average molecular weight is 319 g/mol. The van der Waals surface area contributed by atoms with E-state index in [1.54, 1.807) is 13.2 Å². The van der Waals surface area contributed by atoms with Gasteiger partial charge in [0, 0.05) is 17.0 Å². The molecule has 0 saturated heterocycles. The lowest BCUT2D eigenvalue weighted by atomic mass is 10.2. The first-order valence-electron chi connectivity index (χ1n) is 6.85. The Morgan fingerprint density at radius 1 is 1.27 bits per heavy atom. The second-order valence-corrected chi connectivity index (χ2v) is 5.85. The number of hydrogen-bond donors (Lipinski definition) is 1. The molecule has 0 unspecified atom stereocenters. The van der Waals surface area contributed by atoms with Crippen LogP contribution in [0.1, 0.15) is 11.1 Å². The number of aryl methyl sites for hydroxylation is 1. The van der Waals surface area contributed by atoms with Crippen molar-refractivity contribution in [1.29, 1.82) is 0 Å². The molecule has 2 aromatic rings. The minimum atomic E-state index is -0.305. The number of carbonyl (C=O) groups is 1. The number of thioether (sulfide) groups is 1. The summed E-state index contributed by atoms with van der Waals surface area (Å²) in [6.07, 6.45) is 0. The van der Waals surface area contributed by atoms with E-state index in [2.05, 4.69) is 5.32 Å². The third kappa shape index (κ3) is 4.77. The summed E-state index contributed by atoms with van der Waals surface area (Å²) < 4.78 is 18.4. The molecule has 1 N–H and O–H groups in total. The molecule has 0 spiro atoms. The van der Waals surface area contributed by atoms with Gasteiger partial charge in [0.15, 0.2) is 0 Å². The van der Waals surface area contributed by atoms with E-state index in [1.807, 2.05) is 31.2 Å². The van der Waals surface area contributed by atoms with Crippen LogP contribution in [-0.2, 0) is 10.5 Å². The molecule has 0 aromatic heterocycles. The van der Waals surface area contributed by atoms with Crippen LogP contribution in [0.2, 0.25) is 0 Å². The van der Waals surface area contributed by atoms with Crippen molar-refractivity contribution in [3.8, 4) is 5.75 Å². The zero-order chi connectivity index (χ0) is 15.9. The molecule has 2 aromatic carbocycles. The molecule has 0 heterocycles. The van der Waals surface area contributed by atoms with Crippen LogP contribution in [0.3, 0.4) is 0 Å². The summed E-state index contributed by atoms with van der Waals surface area (Å²) in [6, 6.07) is 12.0. The highest BCUT2D eigenvalue weighted by Crippen LogP contribution is 2.24. The molecule has 2 rings (SSSR count). The maximum absolute atomic E-state index is 13.3. The highest BCUT2D eigenvalue weighted by Gasteiger charge is 2.07. The van der Waals surface area contributed by atoms with Crippen molar-refractivity contribution in [2.45, 2.75) is 12.7 Å². The second kappa shape index (κ2) is 7.84. The zero-order valence-corrected chi connectivity index (χ0v) is 13.4. The first-order valence-corrected chi connectivity index (χ1v) is 8.00. The fourth-order valence-corrected chi connectivity index (χ4v) is 2.84. The SMILES string of the molecule is COc1ccc(F)cc1CSCC(=O)Nc1cccc(C)c1. The van der Waals surface area contributed by atoms with E-state index in [0.717, 1.165) is 16.8 Å². The number of rotatable bonds is 6. The lowest BCUT2D eigenvalue weighted by Crippen LogP contribution is -2.14. The average Bonchev–Trinajstić information content (AvgIpc) is 2.47. The molecule has 22 heavy (non-hydrogen) atoms. The summed E-state index contributed by atoms with van der Waals surface area (Å²) in [6.45, 7) is 1.97. The Morgan fingerprint density at radius 2 is 2.09 bits per heavy atom. The van der Waals surface area contributed by atoms with Gasteiger partial charge in [-0.2, -0.15) is 0 Å². The van der Waals surface area contributed by atoms with E-state index >= 15 is 0 Å². The predicted octanol–water partition coefficient (Wildman–Crippen LogP) is 4.01. The zero-order valence-electron chi connectivity index (χ0n) is 12.6. The third-order valence-corrected chi connectivity index (χ3v) is 4.02. The Bertz CT molecular complexity index is 661. The van der Waals surface area contributed by atoms with Crippen molar-refractivity contribution in [3.63, 3.8) is 0 Å². The van der Waals surface area contributed by atoms with Crippen molar-refractivity contribution in [2.24, 2.45) is 0 Å². The molecule has 5 heteroatoms. The van der Waals surface area contributed by atoms with Crippen LogP contribution >= 0.6 is 11.8 Å². The predicted molar refractivity (Wildman–Crippen MR) is 88.9 cm³/mol. The van der Waals surface area contributed by atoms with Crippen molar-refractivity contribution in [2.75, 3.05) is 18.2 Å². The molecule has 0 bridgehead atoms. The molecule has 0 radical (unpaired) electrons. The Morgan fingerprint density at radius 3 is 2.82 bits per heavy atom. The van der Waals surface area contributed by atoms with Crippen LogP contribution in [0.25, 0.3) is 0 Å². The van der Waals surface area contributed by atoms with E-state index < -0.39 is 0 Å². The van der Waals surface area contributed by atoms with E-state index in [-0.39, 0.29) is 11.7 Å². The van der Waals surface area contributed by atoms with Gasteiger partial charge < -0.3 is 10.1 Å². The van der Waals surface area contributed by atoms with Gasteiger partial charge in [-0.3, -0.25) is 4.79 Å². The summed E-state index contributed by atoms with van der Waals surface area (Å²) in [5.74, 6) is 1.06. The summed E-state index contributed by atoms with van der Waals surface area (Å²) in [5, 5.41) is 2.84.